The molecule has 1 unspecified atom stereocenters. The number of carboxylic acids is 1. The topological polar surface area (TPSA) is 96.3 Å². The highest BCUT2D eigenvalue weighted by atomic mass is 16.4. The standard InChI is InChI=1S/C13H22N4O3/c1-3-6-13(2,11(18)19)16-12(20)14-7-4-9-17-10-5-8-15-17/h5,8,10H,3-4,6-7,9H2,1-2H3,(H,18,19)(H2,14,16,20). The van der Waals surface area contributed by atoms with Crippen molar-refractivity contribution < 1.29 is 14.7 Å². The number of aromatic nitrogens is 2. The molecule has 0 spiro atoms. The number of hydrogen-bond acceptors (Lipinski definition) is 3. The molecule has 0 aliphatic heterocycles. The molecule has 1 heterocycles. The van der Waals surface area contributed by atoms with E-state index < -0.39 is 17.5 Å². The molecule has 112 valence electrons. The highest BCUT2D eigenvalue weighted by molar-refractivity contribution is 5.85. The number of carbonyl (C=O) groups excluding carboxylic acids is 1. The Morgan fingerprint density at radius 1 is 1.45 bits per heavy atom. The summed E-state index contributed by atoms with van der Waals surface area (Å²) in [5.41, 5.74) is -1.22. The first-order valence-corrected chi connectivity index (χ1v) is 6.75. The van der Waals surface area contributed by atoms with Gasteiger partial charge in [0.05, 0.1) is 0 Å². The average molecular weight is 282 g/mol. The molecule has 0 bridgehead atoms. The van der Waals surface area contributed by atoms with E-state index >= 15 is 0 Å². The van der Waals surface area contributed by atoms with E-state index in [-0.39, 0.29) is 0 Å². The number of aliphatic carboxylic acids is 1. The monoisotopic (exact) mass is 282 g/mol. The summed E-state index contributed by atoms with van der Waals surface area (Å²) >= 11 is 0. The molecule has 0 aliphatic carbocycles. The van der Waals surface area contributed by atoms with E-state index in [0.29, 0.717) is 25.9 Å². The van der Waals surface area contributed by atoms with Crippen molar-refractivity contribution >= 4 is 12.0 Å². The number of carbonyl (C=O) groups is 2. The number of nitrogens with one attached hydrogen (secondary N) is 2. The molecule has 2 amide bonds. The van der Waals surface area contributed by atoms with Crippen LogP contribution in [0.2, 0.25) is 0 Å². The van der Waals surface area contributed by atoms with Crippen molar-refractivity contribution in [2.24, 2.45) is 0 Å². The Bertz CT molecular complexity index is 433. The molecule has 7 heteroatoms. The van der Waals surface area contributed by atoms with Crippen molar-refractivity contribution in [1.82, 2.24) is 20.4 Å². The summed E-state index contributed by atoms with van der Waals surface area (Å²) in [6, 6.07) is 1.38. The lowest BCUT2D eigenvalue weighted by Gasteiger charge is -2.25. The molecule has 0 saturated carbocycles. The molecule has 1 aromatic heterocycles. The minimum atomic E-state index is -1.22. The van der Waals surface area contributed by atoms with Crippen molar-refractivity contribution in [2.75, 3.05) is 6.54 Å². The zero-order chi connectivity index (χ0) is 15.0. The van der Waals surface area contributed by atoms with Gasteiger partial charge in [0.15, 0.2) is 0 Å². The highest BCUT2D eigenvalue weighted by Crippen LogP contribution is 2.12. The van der Waals surface area contributed by atoms with Crippen LogP contribution in [0.3, 0.4) is 0 Å². The Morgan fingerprint density at radius 2 is 2.20 bits per heavy atom. The Balaban J connectivity index is 2.29. The van der Waals surface area contributed by atoms with E-state index in [2.05, 4.69) is 15.7 Å². The maximum Gasteiger partial charge on any atom is 0.329 e. The first kappa shape index (κ1) is 16.0. The van der Waals surface area contributed by atoms with Gasteiger partial charge in [-0.25, -0.2) is 9.59 Å². The van der Waals surface area contributed by atoms with Crippen LogP contribution < -0.4 is 10.6 Å². The average Bonchev–Trinajstić information content (AvgIpc) is 2.87. The first-order chi connectivity index (χ1) is 9.48. The minimum Gasteiger partial charge on any atom is -0.480 e. The van der Waals surface area contributed by atoms with Crippen LogP contribution in [0.25, 0.3) is 0 Å². The van der Waals surface area contributed by atoms with E-state index in [0.717, 1.165) is 6.42 Å². The predicted octanol–water partition coefficient (Wildman–Crippen LogP) is 1.22. The van der Waals surface area contributed by atoms with Gasteiger partial charge in [0.25, 0.3) is 0 Å². The van der Waals surface area contributed by atoms with Crippen LogP contribution >= 0.6 is 0 Å². The number of hydrogen-bond donors (Lipinski definition) is 3. The molecular formula is C13H22N4O3. The van der Waals surface area contributed by atoms with Crippen molar-refractivity contribution in [1.29, 1.82) is 0 Å². The number of aryl methyl sites for hydroxylation is 1. The van der Waals surface area contributed by atoms with Crippen molar-refractivity contribution in [3.05, 3.63) is 18.5 Å². The summed E-state index contributed by atoms with van der Waals surface area (Å²) < 4.78 is 1.78. The maximum atomic E-state index is 11.7. The zero-order valence-corrected chi connectivity index (χ0v) is 11.9. The van der Waals surface area contributed by atoms with Crippen molar-refractivity contribution in [3.8, 4) is 0 Å². The quantitative estimate of drug-likeness (QED) is 0.624. The molecule has 1 rings (SSSR count). The first-order valence-electron chi connectivity index (χ1n) is 6.75. The minimum absolute atomic E-state index is 0.392. The van der Waals surface area contributed by atoms with Gasteiger partial charge in [-0.15, -0.1) is 0 Å². The Hall–Kier alpha value is -2.05. The van der Waals surface area contributed by atoms with E-state index in [1.54, 1.807) is 10.9 Å². The van der Waals surface area contributed by atoms with Gasteiger partial charge in [-0.3, -0.25) is 4.68 Å². The van der Waals surface area contributed by atoms with Gasteiger partial charge >= 0.3 is 12.0 Å². The van der Waals surface area contributed by atoms with Crippen LogP contribution in [0.1, 0.15) is 33.1 Å². The predicted molar refractivity (Wildman–Crippen MR) is 74.3 cm³/mol. The van der Waals surface area contributed by atoms with Crippen LogP contribution in [0.4, 0.5) is 4.79 Å². The SMILES string of the molecule is CCCC(C)(NC(=O)NCCCn1cccn1)C(=O)O. The number of carboxylic acid groups (broad SMARTS) is 1. The molecule has 0 aliphatic rings. The molecule has 1 atom stereocenters. The summed E-state index contributed by atoms with van der Waals surface area (Å²) in [7, 11) is 0. The maximum absolute atomic E-state index is 11.7. The summed E-state index contributed by atoms with van der Waals surface area (Å²) in [4.78, 5) is 22.9. The fourth-order valence-corrected chi connectivity index (χ4v) is 1.89. The van der Waals surface area contributed by atoms with Crippen molar-refractivity contribution in [2.45, 2.75) is 45.2 Å². The van der Waals surface area contributed by atoms with Gasteiger partial charge in [-0.05, 0) is 25.8 Å². The van der Waals surface area contributed by atoms with Gasteiger partial charge in [-0.1, -0.05) is 13.3 Å². The lowest BCUT2D eigenvalue weighted by Crippen LogP contribution is -2.55. The third-order valence-electron chi connectivity index (χ3n) is 3.02. The molecule has 20 heavy (non-hydrogen) atoms. The molecule has 0 aromatic carbocycles. The Morgan fingerprint density at radius 3 is 2.75 bits per heavy atom. The van der Waals surface area contributed by atoms with E-state index in [1.165, 1.54) is 6.92 Å². The van der Waals surface area contributed by atoms with Gasteiger partial charge in [0.1, 0.15) is 5.54 Å². The van der Waals surface area contributed by atoms with Crippen LogP contribution in [-0.2, 0) is 11.3 Å². The number of urea groups is 1. The molecule has 1 aromatic rings. The zero-order valence-electron chi connectivity index (χ0n) is 11.9. The number of amides is 2. The van der Waals surface area contributed by atoms with E-state index in [1.807, 2.05) is 19.2 Å². The van der Waals surface area contributed by atoms with Crippen LogP contribution in [0, 0.1) is 0 Å². The largest absolute Gasteiger partial charge is 0.480 e. The lowest BCUT2D eigenvalue weighted by molar-refractivity contribution is -0.144. The molecule has 0 saturated heterocycles. The third-order valence-corrected chi connectivity index (χ3v) is 3.02. The van der Waals surface area contributed by atoms with E-state index in [9.17, 15) is 9.59 Å². The van der Waals surface area contributed by atoms with Crippen LogP contribution in [-0.4, -0.2) is 39.0 Å². The van der Waals surface area contributed by atoms with E-state index in [4.69, 9.17) is 5.11 Å². The fourth-order valence-electron chi connectivity index (χ4n) is 1.89. The summed E-state index contributed by atoms with van der Waals surface area (Å²) in [5, 5.41) is 18.4. The fraction of sp³-hybridized carbons (Fsp3) is 0.615. The summed E-state index contributed by atoms with van der Waals surface area (Å²) in [6.07, 6.45) is 5.35. The molecule has 0 radical (unpaired) electrons. The second kappa shape index (κ2) is 7.52. The lowest BCUT2D eigenvalue weighted by atomic mass is 9.97. The van der Waals surface area contributed by atoms with Gasteiger partial charge in [-0.2, -0.15) is 5.10 Å². The molecule has 3 N–H and O–H groups in total. The van der Waals surface area contributed by atoms with Gasteiger partial charge in [0.2, 0.25) is 0 Å². The normalized spacial score (nSPS) is 13.5. The second-order valence-corrected chi connectivity index (χ2v) is 4.89. The summed E-state index contributed by atoms with van der Waals surface area (Å²) in [6.45, 7) is 4.57. The Labute approximate surface area is 118 Å². The number of nitrogens with zero attached hydrogens (tertiary/aromatic N) is 2. The van der Waals surface area contributed by atoms with Gasteiger partial charge < -0.3 is 15.7 Å². The molecule has 7 nitrogen and oxygen atoms in total. The van der Waals surface area contributed by atoms with Crippen LogP contribution in [0.5, 0.6) is 0 Å². The third kappa shape index (κ3) is 4.91. The molecule has 0 fully saturated rings. The van der Waals surface area contributed by atoms with Gasteiger partial charge in [0, 0.05) is 25.5 Å². The van der Waals surface area contributed by atoms with Crippen molar-refractivity contribution in [3.63, 3.8) is 0 Å². The summed E-state index contributed by atoms with van der Waals surface area (Å²) in [5.74, 6) is -1.02. The Kier molecular flexibility index (Phi) is 6.02. The molecular weight excluding hydrogens is 260 g/mol. The number of rotatable bonds is 8. The second-order valence-electron chi connectivity index (χ2n) is 4.89. The highest BCUT2D eigenvalue weighted by Gasteiger charge is 2.33. The van der Waals surface area contributed by atoms with Crippen LogP contribution in [0.15, 0.2) is 18.5 Å². The smallest absolute Gasteiger partial charge is 0.329 e.